The van der Waals surface area contributed by atoms with Crippen molar-refractivity contribution in [3.05, 3.63) is 168 Å². The molecule has 0 saturated carbocycles. The van der Waals surface area contributed by atoms with E-state index in [1.807, 2.05) is 6.20 Å². The van der Waals surface area contributed by atoms with Gasteiger partial charge in [0.1, 0.15) is 5.82 Å². The first kappa shape index (κ1) is 27.0. The Bertz CT molecular complexity index is 2890. The number of hydrogen-bond donors (Lipinski definition) is 0. The highest BCUT2D eigenvalue weighted by Gasteiger charge is 2.39. The standard InChI is InChI=1S/C47H32N2/c1-47(2)42-26-39-37-18-10-8-16-35(37)34-15-7-9-17-36(34)38(39)25-41(42)40-23-32-22-31-21-29-12-3-4-13-30(29)24-44(31)49(45(32)27-43(40)47)46-33-14-6-5-11-28(33)19-20-48-46/h3-21,23-27H,22H2,1-2H3. The molecule has 0 radical (unpaired) electrons. The zero-order chi connectivity index (χ0) is 32.4. The number of nitrogens with zero attached hydrogens (tertiary/aromatic N) is 2. The van der Waals surface area contributed by atoms with Gasteiger partial charge in [0.25, 0.3) is 0 Å². The second-order valence-corrected chi connectivity index (χ2v) is 14.4. The maximum absolute atomic E-state index is 5.10. The summed E-state index contributed by atoms with van der Waals surface area (Å²) in [6, 6.07) is 52.0. The molecule has 230 valence electrons. The third-order valence-corrected chi connectivity index (χ3v) is 11.4. The highest BCUT2D eigenvalue weighted by molar-refractivity contribution is 6.26. The highest BCUT2D eigenvalue weighted by Crippen LogP contribution is 2.55. The maximum Gasteiger partial charge on any atom is 0.145 e. The van der Waals surface area contributed by atoms with Crippen LogP contribution in [-0.4, -0.2) is 4.98 Å². The lowest BCUT2D eigenvalue weighted by atomic mass is 9.80. The summed E-state index contributed by atoms with van der Waals surface area (Å²) in [7, 11) is 0. The SMILES string of the molecule is CC1(C)c2cc3c(cc2-c2cc4c5ccccc5c5ccccc5c4cc21)Cc1cc2ccccc2cc1N3c1nccc2ccccc12. The van der Waals surface area contributed by atoms with E-state index in [-0.39, 0.29) is 5.41 Å². The lowest BCUT2D eigenvalue weighted by Crippen LogP contribution is -2.22. The first-order chi connectivity index (χ1) is 24.0. The Morgan fingerprint density at radius 3 is 1.69 bits per heavy atom. The molecule has 2 heteroatoms. The molecule has 1 aliphatic carbocycles. The number of fused-ring (bicyclic) bond motifs is 13. The summed E-state index contributed by atoms with van der Waals surface area (Å²) in [6.07, 6.45) is 2.83. The minimum Gasteiger partial charge on any atom is -0.294 e. The maximum atomic E-state index is 5.10. The zero-order valence-electron chi connectivity index (χ0n) is 27.5. The second kappa shape index (κ2) is 9.55. The smallest absolute Gasteiger partial charge is 0.145 e. The molecule has 2 nitrogen and oxygen atoms in total. The van der Waals surface area contributed by atoms with Crippen LogP contribution in [0, 0.1) is 0 Å². The molecule has 0 unspecified atom stereocenters. The summed E-state index contributed by atoms with van der Waals surface area (Å²) >= 11 is 0. The van der Waals surface area contributed by atoms with E-state index in [4.69, 9.17) is 4.98 Å². The molecule has 0 bridgehead atoms. The summed E-state index contributed by atoms with van der Waals surface area (Å²) in [4.78, 5) is 7.54. The molecule has 8 aromatic carbocycles. The van der Waals surface area contributed by atoms with Crippen LogP contribution in [0.25, 0.3) is 65.0 Å². The topological polar surface area (TPSA) is 16.1 Å². The molecule has 1 aliphatic heterocycles. The normalized spacial score (nSPS) is 14.4. The van der Waals surface area contributed by atoms with Gasteiger partial charge in [-0.25, -0.2) is 4.98 Å². The third kappa shape index (κ3) is 3.64. The van der Waals surface area contributed by atoms with Crippen molar-refractivity contribution in [3.63, 3.8) is 0 Å². The van der Waals surface area contributed by atoms with Gasteiger partial charge in [0.05, 0.1) is 11.4 Å². The van der Waals surface area contributed by atoms with Crippen molar-refractivity contribution in [1.29, 1.82) is 0 Å². The Morgan fingerprint density at radius 2 is 0.980 bits per heavy atom. The molecule has 11 rings (SSSR count). The van der Waals surface area contributed by atoms with E-state index < -0.39 is 0 Å². The van der Waals surface area contributed by atoms with Crippen LogP contribution in [0.2, 0.25) is 0 Å². The Balaban J connectivity index is 1.21. The van der Waals surface area contributed by atoms with Gasteiger partial charge < -0.3 is 0 Å². The monoisotopic (exact) mass is 624 g/mol. The Labute approximate surface area is 284 Å². The summed E-state index contributed by atoms with van der Waals surface area (Å²) in [5.41, 5.74) is 10.4. The molecule has 2 heterocycles. The summed E-state index contributed by atoms with van der Waals surface area (Å²) < 4.78 is 0. The van der Waals surface area contributed by atoms with E-state index in [1.54, 1.807) is 0 Å². The lowest BCUT2D eigenvalue weighted by Gasteiger charge is -2.35. The number of hydrogen-bond acceptors (Lipinski definition) is 2. The molecule has 0 fully saturated rings. The fourth-order valence-corrected chi connectivity index (χ4v) is 9.03. The van der Waals surface area contributed by atoms with Crippen LogP contribution in [0.4, 0.5) is 17.2 Å². The van der Waals surface area contributed by atoms with Gasteiger partial charge in [0.2, 0.25) is 0 Å². The molecule has 0 saturated heterocycles. The average molecular weight is 625 g/mol. The average Bonchev–Trinajstić information content (AvgIpc) is 3.36. The molecular formula is C47H32N2. The van der Waals surface area contributed by atoms with Gasteiger partial charge in [0, 0.05) is 23.4 Å². The van der Waals surface area contributed by atoms with Gasteiger partial charge in [-0.3, -0.25) is 4.90 Å². The van der Waals surface area contributed by atoms with E-state index in [1.165, 1.54) is 93.2 Å². The van der Waals surface area contributed by atoms with Crippen LogP contribution in [0.1, 0.15) is 36.1 Å². The van der Waals surface area contributed by atoms with Crippen LogP contribution in [0.3, 0.4) is 0 Å². The van der Waals surface area contributed by atoms with Crippen molar-refractivity contribution in [2.45, 2.75) is 25.7 Å². The highest BCUT2D eigenvalue weighted by atomic mass is 15.2. The van der Waals surface area contributed by atoms with Crippen LogP contribution in [0.15, 0.2) is 146 Å². The predicted molar refractivity (Wildman–Crippen MR) is 207 cm³/mol. The molecule has 0 N–H and O–H groups in total. The number of anilines is 3. The Kier molecular flexibility index (Phi) is 5.26. The fourth-order valence-electron chi connectivity index (χ4n) is 9.03. The van der Waals surface area contributed by atoms with Crippen LogP contribution in [0.5, 0.6) is 0 Å². The summed E-state index contributed by atoms with van der Waals surface area (Å²) in [6.45, 7) is 4.81. The molecule has 0 spiro atoms. The molecule has 0 amide bonds. The molecular weight excluding hydrogens is 593 g/mol. The molecule has 9 aromatic rings. The van der Waals surface area contributed by atoms with Crippen LogP contribution >= 0.6 is 0 Å². The lowest BCUT2D eigenvalue weighted by molar-refractivity contribution is 0.661. The molecule has 0 atom stereocenters. The Hall–Kier alpha value is -5.99. The number of rotatable bonds is 1. The molecule has 2 aliphatic rings. The van der Waals surface area contributed by atoms with Crippen LogP contribution < -0.4 is 4.90 Å². The van der Waals surface area contributed by atoms with E-state index in [0.29, 0.717) is 0 Å². The Morgan fingerprint density at radius 1 is 0.469 bits per heavy atom. The van der Waals surface area contributed by atoms with Gasteiger partial charge in [0.15, 0.2) is 0 Å². The molecule has 1 aromatic heterocycles. The quantitative estimate of drug-likeness (QED) is 0.169. The van der Waals surface area contributed by atoms with Crippen molar-refractivity contribution in [1.82, 2.24) is 4.98 Å². The number of benzene rings is 8. The van der Waals surface area contributed by atoms with Crippen molar-refractivity contribution in [3.8, 4) is 11.1 Å². The van der Waals surface area contributed by atoms with Crippen LogP contribution in [-0.2, 0) is 11.8 Å². The summed E-state index contributed by atoms with van der Waals surface area (Å²) in [5.74, 6) is 0.979. The minimum atomic E-state index is -0.178. The first-order valence-corrected chi connectivity index (χ1v) is 17.3. The number of aromatic nitrogens is 1. The molecule has 49 heavy (non-hydrogen) atoms. The van der Waals surface area contributed by atoms with Crippen molar-refractivity contribution in [2.24, 2.45) is 0 Å². The minimum absolute atomic E-state index is 0.178. The van der Waals surface area contributed by atoms with Crippen molar-refractivity contribution < 1.29 is 0 Å². The van der Waals surface area contributed by atoms with E-state index in [2.05, 4.69) is 158 Å². The van der Waals surface area contributed by atoms with E-state index in [9.17, 15) is 0 Å². The fraction of sp³-hybridized carbons (Fsp3) is 0.0851. The van der Waals surface area contributed by atoms with E-state index >= 15 is 0 Å². The summed E-state index contributed by atoms with van der Waals surface area (Å²) in [5, 5.41) is 12.8. The van der Waals surface area contributed by atoms with Gasteiger partial charge >= 0.3 is 0 Å². The van der Waals surface area contributed by atoms with Crippen molar-refractivity contribution in [2.75, 3.05) is 4.90 Å². The largest absolute Gasteiger partial charge is 0.294 e. The van der Waals surface area contributed by atoms with Crippen molar-refractivity contribution >= 4 is 71.1 Å². The third-order valence-electron chi connectivity index (χ3n) is 11.4. The van der Waals surface area contributed by atoms with E-state index in [0.717, 1.165) is 17.6 Å². The first-order valence-electron chi connectivity index (χ1n) is 17.3. The van der Waals surface area contributed by atoms with Gasteiger partial charge in [-0.15, -0.1) is 0 Å². The van der Waals surface area contributed by atoms with Gasteiger partial charge in [-0.2, -0.15) is 0 Å². The number of pyridine rings is 1. The van der Waals surface area contributed by atoms with Gasteiger partial charge in [-0.05, 0) is 124 Å². The van der Waals surface area contributed by atoms with Gasteiger partial charge in [-0.1, -0.05) is 111 Å². The predicted octanol–water partition coefficient (Wildman–Crippen LogP) is 12.5. The zero-order valence-corrected chi connectivity index (χ0v) is 27.5. The second-order valence-electron chi connectivity index (χ2n) is 14.4.